The van der Waals surface area contributed by atoms with E-state index in [1.165, 1.54) is 4.90 Å². The lowest BCUT2D eigenvalue weighted by molar-refractivity contribution is -0.118. The number of rotatable bonds is 2. The molecular formula is C17H22N2O4. The van der Waals surface area contributed by atoms with Gasteiger partial charge in [-0.3, -0.25) is 14.7 Å². The van der Waals surface area contributed by atoms with Crippen LogP contribution in [0.1, 0.15) is 39.2 Å². The number of allylic oxidation sites excluding steroid dienone is 1. The molecule has 0 unspecified atom stereocenters. The van der Waals surface area contributed by atoms with E-state index in [1.807, 2.05) is 0 Å². The van der Waals surface area contributed by atoms with E-state index < -0.39 is 11.7 Å². The normalized spacial score (nSPS) is 17.3. The van der Waals surface area contributed by atoms with E-state index in [1.54, 1.807) is 52.4 Å². The van der Waals surface area contributed by atoms with Crippen LogP contribution < -0.4 is 4.74 Å². The fourth-order valence-electron chi connectivity index (χ4n) is 2.30. The lowest BCUT2D eigenvalue weighted by Gasteiger charge is -2.31. The van der Waals surface area contributed by atoms with Crippen molar-refractivity contribution >= 4 is 18.0 Å². The van der Waals surface area contributed by atoms with Crippen LogP contribution in [0.15, 0.2) is 24.2 Å². The lowest BCUT2D eigenvalue weighted by atomic mass is 10.0. The highest BCUT2D eigenvalue weighted by Crippen LogP contribution is 2.26. The van der Waals surface area contributed by atoms with Gasteiger partial charge < -0.3 is 9.47 Å². The van der Waals surface area contributed by atoms with Gasteiger partial charge in [0.15, 0.2) is 5.78 Å². The smallest absolute Gasteiger partial charge is 0.414 e. The van der Waals surface area contributed by atoms with Crippen molar-refractivity contribution in [2.24, 2.45) is 0 Å². The van der Waals surface area contributed by atoms with E-state index in [4.69, 9.17) is 9.47 Å². The topological polar surface area (TPSA) is 68.7 Å². The maximum Gasteiger partial charge on any atom is 0.414 e. The van der Waals surface area contributed by atoms with Gasteiger partial charge >= 0.3 is 6.09 Å². The zero-order chi connectivity index (χ0) is 17.0. The Labute approximate surface area is 136 Å². The van der Waals surface area contributed by atoms with E-state index in [2.05, 4.69) is 4.98 Å². The van der Waals surface area contributed by atoms with Crippen molar-refractivity contribution in [1.82, 2.24) is 9.88 Å². The molecule has 0 saturated carbocycles. The number of hydrogen-bond acceptors (Lipinski definition) is 5. The summed E-state index contributed by atoms with van der Waals surface area (Å²) in [5, 5.41) is 0. The van der Waals surface area contributed by atoms with Gasteiger partial charge in [0.05, 0.1) is 12.8 Å². The Morgan fingerprint density at radius 1 is 1.39 bits per heavy atom. The maximum atomic E-state index is 12.4. The molecule has 124 valence electrons. The lowest BCUT2D eigenvalue weighted by Crippen LogP contribution is -2.41. The van der Waals surface area contributed by atoms with Crippen LogP contribution in [0.25, 0.3) is 6.08 Å². The molecule has 0 spiro atoms. The highest BCUT2D eigenvalue weighted by atomic mass is 16.6. The molecule has 0 radical (unpaired) electrons. The summed E-state index contributed by atoms with van der Waals surface area (Å²) < 4.78 is 10.7. The second kappa shape index (κ2) is 6.81. The molecule has 1 aliphatic heterocycles. The molecule has 1 fully saturated rings. The molecule has 0 atom stereocenters. The fraction of sp³-hybridized carbons (Fsp3) is 0.471. The molecule has 0 bridgehead atoms. The minimum atomic E-state index is -0.616. The van der Waals surface area contributed by atoms with Gasteiger partial charge in [-0.15, -0.1) is 0 Å². The number of ketones is 1. The largest absolute Gasteiger partial charge is 0.496 e. The summed E-state index contributed by atoms with van der Waals surface area (Å²) in [5.74, 6) is 0.503. The molecule has 1 aromatic heterocycles. The standard InChI is InChI=1S/C17H22N2O4/c1-17(2,3)23-16(21)19-9-5-6-14(20)13(19)10-12-11-18-8-7-15(12)22-4/h7-8,10-11H,5-6,9H2,1-4H3/b13-10+. The third-order valence-corrected chi connectivity index (χ3v) is 3.30. The molecule has 1 aliphatic rings. The zero-order valence-corrected chi connectivity index (χ0v) is 14.0. The highest BCUT2D eigenvalue weighted by molar-refractivity contribution is 6.02. The summed E-state index contributed by atoms with van der Waals surface area (Å²) >= 11 is 0. The Morgan fingerprint density at radius 3 is 2.78 bits per heavy atom. The first-order valence-corrected chi connectivity index (χ1v) is 7.55. The molecule has 2 rings (SSSR count). The number of piperidine rings is 1. The number of pyridine rings is 1. The van der Waals surface area contributed by atoms with E-state index in [0.717, 1.165) is 0 Å². The molecule has 23 heavy (non-hydrogen) atoms. The SMILES string of the molecule is COc1ccncc1/C=C1\C(=O)CCCN1C(=O)OC(C)(C)C. The average Bonchev–Trinajstić information content (AvgIpc) is 2.48. The minimum Gasteiger partial charge on any atom is -0.496 e. The monoisotopic (exact) mass is 318 g/mol. The van der Waals surface area contributed by atoms with E-state index >= 15 is 0 Å². The highest BCUT2D eigenvalue weighted by Gasteiger charge is 2.31. The molecule has 2 heterocycles. The molecule has 1 aromatic rings. The van der Waals surface area contributed by atoms with Crippen molar-refractivity contribution < 1.29 is 19.1 Å². The molecular weight excluding hydrogens is 296 g/mol. The molecule has 1 saturated heterocycles. The Hall–Kier alpha value is -2.37. The van der Waals surface area contributed by atoms with Gasteiger partial charge in [0, 0.05) is 30.9 Å². The molecule has 0 aliphatic carbocycles. The summed E-state index contributed by atoms with van der Waals surface area (Å²) in [7, 11) is 1.55. The third kappa shape index (κ3) is 4.31. The first-order valence-electron chi connectivity index (χ1n) is 7.55. The number of methoxy groups -OCH3 is 1. The van der Waals surface area contributed by atoms with Gasteiger partial charge in [0.2, 0.25) is 0 Å². The number of hydrogen-bond donors (Lipinski definition) is 0. The van der Waals surface area contributed by atoms with Crippen LogP contribution in [0.2, 0.25) is 0 Å². The molecule has 0 aromatic carbocycles. The van der Waals surface area contributed by atoms with Gasteiger partial charge in [-0.05, 0) is 39.3 Å². The quantitative estimate of drug-likeness (QED) is 0.784. The van der Waals surface area contributed by atoms with E-state index in [9.17, 15) is 9.59 Å². The van der Waals surface area contributed by atoms with Crippen LogP contribution in [-0.4, -0.2) is 41.0 Å². The van der Waals surface area contributed by atoms with Crippen molar-refractivity contribution in [1.29, 1.82) is 0 Å². The second-order valence-electron chi connectivity index (χ2n) is 6.31. The number of amides is 1. The summed E-state index contributed by atoms with van der Waals surface area (Å²) in [6, 6.07) is 1.71. The molecule has 0 N–H and O–H groups in total. The Morgan fingerprint density at radius 2 is 2.13 bits per heavy atom. The predicted octanol–water partition coefficient (Wildman–Crippen LogP) is 3.03. The number of likely N-dealkylation sites (tertiary alicyclic amines) is 1. The fourth-order valence-corrected chi connectivity index (χ4v) is 2.30. The van der Waals surface area contributed by atoms with E-state index in [0.29, 0.717) is 36.4 Å². The van der Waals surface area contributed by atoms with Crippen molar-refractivity contribution in [3.8, 4) is 5.75 Å². The van der Waals surface area contributed by atoms with Crippen molar-refractivity contribution in [3.05, 3.63) is 29.7 Å². The van der Waals surface area contributed by atoms with Gasteiger partial charge in [0.1, 0.15) is 11.4 Å². The summed E-state index contributed by atoms with van der Waals surface area (Å²) in [6.45, 7) is 5.84. The van der Waals surface area contributed by atoms with Crippen LogP contribution in [0.4, 0.5) is 4.79 Å². The number of carbonyl (C=O) groups is 2. The van der Waals surface area contributed by atoms with Gasteiger partial charge in [0.25, 0.3) is 0 Å². The number of ether oxygens (including phenoxy) is 2. The number of Topliss-reactive ketones (excluding diaryl/α,β-unsaturated/α-hetero) is 1. The zero-order valence-electron chi connectivity index (χ0n) is 14.0. The van der Waals surface area contributed by atoms with Crippen molar-refractivity contribution in [3.63, 3.8) is 0 Å². The maximum absolute atomic E-state index is 12.4. The average molecular weight is 318 g/mol. The van der Waals surface area contributed by atoms with Gasteiger partial charge in [-0.25, -0.2) is 4.79 Å². The van der Waals surface area contributed by atoms with Crippen LogP contribution in [0.5, 0.6) is 5.75 Å². The second-order valence-corrected chi connectivity index (χ2v) is 6.31. The third-order valence-electron chi connectivity index (χ3n) is 3.30. The first kappa shape index (κ1) is 17.0. The molecule has 6 heteroatoms. The summed E-state index contributed by atoms with van der Waals surface area (Å²) in [6.07, 6.45) is 5.36. The Balaban J connectivity index is 2.36. The number of nitrogens with zero attached hydrogens (tertiary/aromatic N) is 2. The summed E-state index contributed by atoms with van der Waals surface area (Å²) in [4.78, 5) is 30.1. The predicted molar refractivity (Wildman–Crippen MR) is 85.9 cm³/mol. The number of carbonyl (C=O) groups excluding carboxylic acids is 2. The first-order chi connectivity index (χ1) is 10.8. The minimum absolute atomic E-state index is 0.0898. The summed E-state index contributed by atoms with van der Waals surface area (Å²) in [5.41, 5.74) is 0.347. The van der Waals surface area contributed by atoms with Crippen molar-refractivity contribution in [2.75, 3.05) is 13.7 Å². The van der Waals surface area contributed by atoms with Gasteiger partial charge in [-0.1, -0.05) is 0 Å². The van der Waals surface area contributed by atoms with Gasteiger partial charge in [-0.2, -0.15) is 0 Å². The number of aromatic nitrogens is 1. The molecule has 6 nitrogen and oxygen atoms in total. The van der Waals surface area contributed by atoms with Crippen LogP contribution >= 0.6 is 0 Å². The Bertz CT molecular complexity index is 632. The van der Waals surface area contributed by atoms with E-state index in [-0.39, 0.29) is 5.78 Å². The van der Waals surface area contributed by atoms with Crippen LogP contribution in [0, 0.1) is 0 Å². The molecule has 1 amide bonds. The van der Waals surface area contributed by atoms with Crippen molar-refractivity contribution in [2.45, 2.75) is 39.2 Å². The Kier molecular flexibility index (Phi) is 5.03. The van der Waals surface area contributed by atoms with Crippen LogP contribution in [0.3, 0.4) is 0 Å². The van der Waals surface area contributed by atoms with Crippen LogP contribution in [-0.2, 0) is 9.53 Å².